The quantitative estimate of drug-likeness (QED) is 0.115. The van der Waals surface area contributed by atoms with Gasteiger partial charge in [-0.15, -0.1) is 0 Å². The Morgan fingerprint density at radius 1 is 0.167 bits per heavy atom. The molecule has 0 saturated heterocycles. The maximum Gasteiger partial charge on any atom is 0.136 e. The van der Waals surface area contributed by atoms with E-state index in [0.29, 0.717) is 0 Å². The molecule has 16 aromatic carbocycles. The molecule has 0 atom stereocenters. The average Bonchev–Trinajstić information content (AvgIpc) is 1.55. The number of benzene rings is 16. The second-order valence-electron chi connectivity index (χ2n) is 26.4. The van der Waals surface area contributed by atoms with Gasteiger partial charge < -0.3 is 27.8 Å². The van der Waals surface area contributed by atoms with E-state index in [4.69, 9.17) is 8.83 Å². The lowest BCUT2D eigenvalue weighted by atomic mass is 10.0. The summed E-state index contributed by atoms with van der Waals surface area (Å²) in [6.45, 7) is 0. The lowest BCUT2D eigenvalue weighted by Crippen LogP contribution is -2.10. The van der Waals surface area contributed by atoms with Crippen LogP contribution in [0, 0.1) is 0 Å². The van der Waals surface area contributed by atoms with Gasteiger partial charge in [0.25, 0.3) is 0 Å². The maximum absolute atomic E-state index is 6.35. The van der Waals surface area contributed by atoms with Gasteiger partial charge in [0.1, 0.15) is 22.3 Å². The fourth-order valence-corrected chi connectivity index (χ4v) is 15.5. The molecule has 478 valence electrons. The van der Waals surface area contributed by atoms with Crippen molar-refractivity contribution in [2.24, 2.45) is 0 Å². The van der Waals surface area contributed by atoms with Crippen molar-refractivity contribution in [1.82, 2.24) is 9.13 Å². The number of aromatic nitrogens is 2. The summed E-state index contributed by atoms with van der Waals surface area (Å²) in [5, 5.41) is 9.41. The molecule has 20 aromatic rings. The zero-order chi connectivity index (χ0) is 67.2. The Morgan fingerprint density at radius 3 is 0.755 bits per heavy atom. The highest BCUT2D eigenvalue weighted by molar-refractivity contribution is 6.12. The van der Waals surface area contributed by atoms with Gasteiger partial charge in [0.2, 0.25) is 0 Å². The minimum Gasteiger partial charge on any atom is -0.456 e. The molecule has 0 radical (unpaired) electrons. The van der Waals surface area contributed by atoms with Crippen LogP contribution in [0.1, 0.15) is 0 Å². The zero-order valence-electron chi connectivity index (χ0n) is 55.4. The van der Waals surface area contributed by atoms with Crippen LogP contribution in [-0.4, -0.2) is 9.13 Å². The molecule has 0 amide bonds. The lowest BCUT2D eigenvalue weighted by Gasteiger charge is -2.27. The molecular weight excluding hydrogens is 1240 g/mol. The van der Waals surface area contributed by atoms with E-state index < -0.39 is 0 Å². The summed E-state index contributed by atoms with van der Waals surface area (Å²) in [5.74, 6) is 0. The summed E-state index contributed by atoms with van der Waals surface area (Å²) in [6.07, 6.45) is 0. The van der Waals surface area contributed by atoms with Crippen molar-refractivity contribution in [2.75, 3.05) is 9.80 Å². The third-order valence-corrected chi connectivity index (χ3v) is 20.6. The number of nitrogens with zero attached hydrogens (tertiary/aromatic N) is 4. The average molecular weight is 1300 g/mol. The molecule has 0 N–H and O–H groups in total. The van der Waals surface area contributed by atoms with Gasteiger partial charge in [-0.3, -0.25) is 0 Å². The molecule has 6 heteroatoms. The zero-order valence-corrected chi connectivity index (χ0v) is 55.4. The Bertz CT molecular complexity index is 6160. The molecule has 0 aliphatic heterocycles. The van der Waals surface area contributed by atoms with E-state index in [-0.39, 0.29) is 0 Å². The Labute approximate surface area is 588 Å². The molecule has 20 rings (SSSR count). The first-order valence-corrected chi connectivity index (χ1v) is 34.8. The third-order valence-electron chi connectivity index (χ3n) is 20.6. The first kappa shape index (κ1) is 58.5. The Balaban J connectivity index is 0.636. The molecule has 0 spiro atoms. The maximum atomic E-state index is 6.35. The second-order valence-corrected chi connectivity index (χ2v) is 26.4. The number of furan rings is 2. The summed E-state index contributed by atoms with van der Waals surface area (Å²) in [6, 6.07) is 136. The fourth-order valence-electron chi connectivity index (χ4n) is 15.5. The van der Waals surface area contributed by atoms with E-state index in [1.165, 1.54) is 54.7 Å². The van der Waals surface area contributed by atoms with E-state index in [9.17, 15) is 0 Å². The van der Waals surface area contributed by atoms with Gasteiger partial charge in [-0.25, -0.2) is 0 Å². The van der Waals surface area contributed by atoms with E-state index in [1.807, 2.05) is 24.3 Å². The van der Waals surface area contributed by atoms with E-state index in [2.05, 4.69) is 371 Å². The smallest absolute Gasteiger partial charge is 0.136 e. The van der Waals surface area contributed by atoms with Crippen molar-refractivity contribution in [3.63, 3.8) is 0 Å². The molecule has 0 aliphatic carbocycles. The minimum atomic E-state index is 0.882. The van der Waals surface area contributed by atoms with Crippen molar-refractivity contribution in [3.05, 3.63) is 376 Å². The monoisotopic (exact) mass is 1300 g/mol. The molecule has 6 nitrogen and oxygen atoms in total. The van der Waals surface area contributed by atoms with Crippen molar-refractivity contribution in [2.45, 2.75) is 0 Å². The normalized spacial score (nSPS) is 11.7. The van der Waals surface area contributed by atoms with Gasteiger partial charge in [-0.2, -0.15) is 0 Å². The molecule has 0 aliphatic rings. The van der Waals surface area contributed by atoms with Gasteiger partial charge in [-0.1, -0.05) is 206 Å². The van der Waals surface area contributed by atoms with Gasteiger partial charge in [0.15, 0.2) is 0 Å². The van der Waals surface area contributed by atoms with E-state index in [1.54, 1.807) is 0 Å². The van der Waals surface area contributed by atoms with Crippen molar-refractivity contribution < 1.29 is 8.83 Å². The number of hydrogen-bond donors (Lipinski definition) is 0. The van der Waals surface area contributed by atoms with Crippen LogP contribution in [0.4, 0.5) is 34.1 Å². The predicted molar refractivity (Wildman–Crippen MR) is 426 cm³/mol. The molecule has 102 heavy (non-hydrogen) atoms. The van der Waals surface area contributed by atoms with Crippen LogP contribution >= 0.6 is 0 Å². The molecule has 4 aromatic heterocycles. The van der Waals surface area contributed by atoms with Crippen LogP contribution in [0.15, 0.2) is 385 Å². The second kappa shape index (κ2) is 24.1. The van der Waals surface area contributed by atoms with Crippen LogP contribution in [0.3, 0.4) is 0 Å². The Kier molecular flexibility index (Phi) is 13.8. The SMILES string of the molecule is c1ccc(-n2c3ccccc3c3cc(-c4ccc(N(c5ccc(-c6ccc(N(c7ccc(-c8ccc9c(c8)oc8ccccc89)cc7)c7ccc(-c8ccc9c(c8)c8ccccc8n9-c8ccccc8)cc7)cc6)cc5)c5ccc(-c6ccc7c(c6)oc6ccccc67)cc5)cc4)ccc32)cc1. The third kappa shape index (κ3) is 10.0. The number of anilines is 6. The van der Waals surface area contributed by atoms with Crippen LogP contribution in [-0.2, 0) is 0 Å². The van der Waals surface area contributed by atoms with Crippen LogP contribution < -0.4 is 9.80 Å². The molecule has 0 saturated carbocycles. The molecule has 4 heterocycles. The number of para-hydroxylation sites is 6. The largest absolute Gasteiger partial charge is 0.456 e. The molecule has 0 unspecified atom stereocenters. The highest BCUT2D eigenvalue weighted by Gasteiger charge is 2.21. The van der Waals surface area contributed by atoms with Gasteiger partial charge in [-0.05, 0) is 225 Å². The lowest BCUT2D eigenvalue weighted by molar-refractivity contribution is 0.668. The summed E-state index contributed by atoms with van der Waals surface area (Å²) in [4.78, 5) is 4.71. The summed E-state index contributed by atoms with van der Waals surface area (Å²) in [5.41, 5.74) is 28.2. The van der Waals surface area contributed by atoms with Crippen molar-refractivity contribution in [3.8, 4) is 67.0 Å². The van der Waals surface area contributed by atoms with Crippen LogP contribution in [0.2, 0.25) is 0 Å². The summed E-state index contributed by atoms with van der Waals surface area (Å²) >= 11 is 0. The summed E-state index contributed by atoms with van der Waals surface area (Å²) < 4.78 is 17.4. The standard InChI is InChI=1S/C96H62N4O2/c1-3-15-73(16-4-1)99-89-23-11-7-19-81(89)87-59-69(41-57-91(87)99)65-31-47-77(48-32-65)97(79-51-35-67(36-52-79)71-39-55-85-83-21-9-13-25-93(83)101-95(85)61-71)75-43-27-63(28-44-75)64-29-45-76(46-30-64)98(80-53-37-68(38-54-80)72-40-56-86-84-22-10-14-26-94(84)102-96(86)62-72)78-49-33-66(34-50-78)70-42-58-92-88(60-70)82-20-8-12-24-90(82)100(92)74-17-5-2-6-18-74/h1-62H. The summed E-state index contributed by atoms with van der Waals surface area (Å²) in [7, 11) is 0. The predicted octanol–water partition coefficient (Wildman–Crippen LogP) is 27.0. The van der Waals surface area contributed by atoms with Crippen LogP contribution in [0.25, 0.3) is 154 Å². The Hall–Kier alpha value is -13.7. The van der Waals surface area contributed by atoms with E-state index in [0.717, 1.165) is 134 Å². The molecule has 0 fully saturated rings. The first-order chi connectivity index (χ1) is 50.5. The van der Waals surface area contributed by atoms with Gasteiger partial charge in [0, 0.05) is 88.6 Å². The topological polar surface area (TPSA) is 42.6 Å². The molecule has 0 bridgehead atoms. The highest BCUT2D eigenvalue weighted by atomic mass is 16.3. The minimum absolute atomic E-state index is 0.882. The van der Waals surface area contributed by atoms with Crippen LogP contribution in [0.5, 0.6) is 0 Å². The first-order valence-electron chi connectivity index (χ1n) is 34.8. The number of fused-ring (bicyclic) bond motifs is 12. The van der Waals surface area contributed by atoms with Crippen molar-refractivity contribution >= 4 is 122 Å². The fraction of sp³-hybridized carbons (Fsp3) is 0. The van der Waals surface area contributed by atoms with Gasteiger partial charge in [0.05, 0.1) is 22.1 Å². The molecular formula is C96H62N4O2. The highest BCUT2D eigenvalue weighted by Crippen LogP contribution is 2.44. The van der Waals surface area contributed by atoms with E-state index >= 15 is 0 Å². The number of rotatable bonds is 13. The van der Waals surface area contributed by atoms with Gasteiger partial charge >= 0.3 is 0 Å². The number of hydrogen-bond acceptors (Lipinski definition) is 4. The van der Waals surface area contributed by atoms with Crippen molar-refractivity contribution in [1.29, 1.82) is 0 Å². The Morgan fingerprint density at radius 2 is 0.412 bits per heavy atom.